The Labute approximate surface area is 680 Å². The Morgan fingerprint density at radius 3 is 1.18 bits per heavy atom. The van der Waals surface area contributed by atoms with Gasteiger partial charge in [0, 0.05) is 143 Å². The first-order valence-corrected chi connectivity index (χ1v) is 40.9. The normalized spacial score (nSPS) is 17.5. The van der Waals surface area contributed by atoms with E-state index in [0.717, 1.165) is 163 Å². The van der Waals surface area contributed by atoms with Crippen molar-refractivity contribution < 1.29 is 0 Å². The average molecular weight is 1570 g/mol. The second kappa shape index (κ2) is 34.1. The van der Waals surface area contributed by atoms with Crippen molar-refractivity contribution in [3.05, 3.63) is 236 Å². The molecule has 3 aliphatic carbocycles. The molecular formula is C88H104N26O3. The van der Waals surface area contributed by atoms with Gasteiger partial charge in [0.05, 0.1) is 19.6 Å². The number of likely N-dealkylation sites (N-methyl/N-ethyl adjacent to an activating group) is 1. The van der Waals surface area contributed by atoms with Gasteiger partial charge in [-0.2, -0.15) is 15.0 Å². The molecule has 3 atom stereocenters. The molecule has 3 unspecified atom stereocenters. The summed E-state index contributed by atoms with van der Waals surface area (Å²) < 4.78 is 10.2. The van der Waals surface area contributed by atoms with Crippen LogP contribution in [0.5, 0.6) is 0 Å². The highest BCUT2D eigenvalue weighted by molar-refractivity contribution is 5.80. The molecule has 0 spiro atoms. The van der Waals surface area contributed by atoms with Crippen LogP contribution in [-0.4, -0.2) is 192 Å². The van der Waals surface area contributed by atoms with Crippen molar-refractivity contribution in [1.82, 2.24) is 92.5 Å². The number of hydrogen-bond donors (Lipinski definition) is 5. The Bertz CT molecular complexity index is 5850. The van der Waals surface area contributed by atoms with Crippen LogP contribution in [0, 0.1) is 11.3 Å². The third kappa shape index (κ3) is 16.6. The lowest BCUT2D eigenvalue weighted by Gasteiger charge is -2.36. The summed E-state index contributed by atoms with van der Waals surface area (Å²) in [5.74, 6) is 5.37. The number of benzene rings is 3. The second-order valence-corrected chi connectivity index (χ2v) is 32.0. The Kier molecular flexibility index (Phi) is 22.9. The average Bonchev–Trinajstić information content (AvgIpc) is 1.61. The number of hydrogen-bond acceptors (Lipinski definition) is 21. The van der Waals surface area contributed by atoms with Crippen molar-refractivity contribution in [2.75, 3.05) is 119 Å². The van der Waals surface area contributed by atoms with Gasteiger partial charge in [-0.05, 0) is 197 Å². The van der Waals surface area contributed by atoms with Gasteiger partial charge in [-0.25, -0.2) is 58.0 Å². The predicted molar refractivity (Wildman–Crippen MR) is 465 cm³/mol. The molecule has 0 saturated carbocycles. The number of aryl methyl sites for hydroxylation is 3. The summed E-state index contributed by atoms with van der Waals surface area (Å²) in [6, 6.07) is 37.2. The van der Waals surface area contributed by atoms with E-state index < -0.39 is 0 Å². The van der Waals surface area contributed by atoms with E-state index in [1.54, 1.807) is 64.9 Å². The number of nitrogens with one attached hydrogen (secondary N) is 4. The topological polar surface area (TPSA) is 302 Å². The lowest BCUT2D eigenvalue weighted by molar-refractivity contribution is 0.148. The highest BCUT2D eigenvalue weighted by Crippen LogP contribution is 2.36. The van der Waals surface area contributed by atoms with Gasteiger partial charge in [0.25, 0.3) is 16.7 Å². The summed E-state index contributed by atoms with van der Waals surface area (Å²) in [5.41, 5.74) is 20.0. The Morgan fingerprint density at radius 2 is 0.829 bits per heavy atom. The van der Waals surface area contributed by atoms with Crippen molar-refractivity contribution in [3.8, 4) is 17.5 Å². The lowest BCUT2D eigenvalue weighted by Crippen LogP contribution is -2.50. The van der Waals surface area contributed by atoms with Crippen LogP contribution in [0.3, 0.4) is 0 Å². The number of allylic oxidation sites excluding steroid dienone is 3. The van der Waals surface area contributed by atoms with E-state index in [-0.39, 0.29) is 22.6 Å². The fourth-order valence-electron chi connectivity index (χ4n) is 17.1. The van der Waals surface area contributed by atoms with Gasteiger partial charge in [-0.1, -0.05) is 69.3 Å². The SMILES string of the molecule is C=CCn1c(=O)c2cnc(Nc3ccc(CN4CCN(C)CC4)cc3)nc2n1-c1ccc2c(n1)C(C)CC2.C=CCn1c(=O)c2cnc(Nc3ccc(N4CCC(CN(C)C)CC4)cc3)nc2n1-c1ccc2c(n1)C(C)CC2.C=CCn1c(=O)c2cnc(Nc3ccc(N4CCN(C(=N)N)CC4)cc3)nc2n1-c1ccc2c(n1)C(C)CC2. The molecule has 3 aliphatic heterocycles. The zero-order chi connectivity index (χ0) is 81.1. The van der Waals surface area contributed by atoms with Gasteiger partial charge in [0.1, 0.15) is 16.2 Å². The largest absolute Gasteiger partial charge is 0.372 e. The van der Waals surface area contributed by atoms with Gasteiger partial charge in [0.2, 0.25) is 17.8 Å². The number of piperazine rings is 2. The van der Waals surface area contributed by atoms with E-state index in [1.165, 1.54) is 40.8 Å². The zero-order valence-electron chi connectivity index (χ0n) is 67.7. The molecule has 9 aromatic heterocycles. The van der Waals surface area contributed by atoms with Crippen LogP contribution >= 0.6 is 0 Å². The van der Waals surface area contributed by atoms with Crippen molar-refractivity contribution in [1.29, 1.82) is 5.41 Å². The number of nitrogens with zero attached hydrogens (tertiary/aromatic N) is 21. The first-order valence-electron chi connectivity index (χ1n) is 40.9. The minimum Gasteiger partial charge on any atom is -0.372 e. The standard InChI is InChI=1S/C31H38N8O.C29H34N8O.C28H32N10O/c1-5-16-38-30(40)26-19-32-31(35-29(26)39(38)27-13-8-23-7-6-21(2)28(23)34-27)33-24-9-11-25(12-10-24)37-17-14-22(15-18-37)20-36(3)4;1-4-13-36-28(38)24-18-30-29(31-23-10-6-21(7-11-23)19-35-16-14-34(3)15-17-35)33-27(24)37(36)25-12-9-22-8-5-20(2)26(22)32-25;1-3-12-37-26(39)22-17-31-28(34-25(22)38(37)23-11-6-19-5-4-18(2)24(19)33-23)32-20-7-9-21(10-8-20)35-13-15-36(16-14-35)27(29)30/h5,8-13,19,21-22H,1,6-7,14-18,20H2,2-4H3,(H,32,33,35);4,6-7,9-12,18,20H,1,5,8,13-17,19H2,2-3H3,(H,30,31,33);3,6-11,17-18H,1,4-5,12-16H2,2H3,(H3,29,30)(H,31,32,34). The molecule has 6 N–H and O–H groups in total. The van der Waals surface area contributed by atoms with Crippen LogP contribution < -0.4 is 48.2 Å². The molecule has 12 aromatic rings. The molecule has 604 valence electrons. The molecular weight excluding hydrogens is 1470 g/mol. The zero-order valence-corrected chi connectivity index (χ0v) is 67.7. The molecule has 3 saturated heterocycles. The number of fused-ring (bicyclic) bond motifs is 6. The van der Waals surface area contributed by atoms with Gasteiger partial charge in [0.15, 0.2) is 40.4 Å². The van der Waals surface area contributed by atoms with Crippen LogP contribution in [0.25, 0.3) is 50.6 Å². The molecule has 12 heterocycles. The molecule has 117 heavy (non-hydrogen) atoms. The molecule has 29 nitrogen and oxygen atoms in total. The molecule has 6 aliphatic rings. The van der Waals surface area contributed by atoms with Crippen molar-refractivity contribution in [3.63, 3.8) is 0 Å². The van der Waals surface area contributed by atoms with Gasteiger partial charge < -0.3 is 46.2 Å². The lowest BCUT2D eigenvalue weighted by atomic mass is 9.96. The summed E-state index contributed by atoms with van der Waals surface area (Å²) in [7, 11) is 6.48. The van der Waals surface area contributed by atoms with E-state index in [2.05, 4.69) is 196 Å². The van der Waals surface area contributed by atoms with E-state index in [1.807, 2.05) is 35.2 Å². The van der Waals surface area contributed by atoms with E-state index in [4.69, 9.17) is 41.0 Å². The molecule has 0 amide bonds. The Hall–Kier alpha value is -12.5. The first-order chi connectivity index (χ1) is 56.8. The van der Waals surface area contributed by atoms with Crippen LogP contribution in [0.4, 0.5) is 46.3 Å². The van der Waals surface area contributed by atoms with E-state index in [0.29, 0.717) is 106 Å². The minimum atomic E-state index is -0.180. The number of piperidine rings is 1. The van der Waals surface area contributed by atoms with Crippen molar-refractivity contribution in [2.24, 2.45) is 11.7 Å². The number of nitrogens with two attached hydrogens (primary N) is 1. The molecule has 18 rings (SSSR count). The number of pyridine rings is 3. The molecule has 3 aromatic carbocycles. The number of aromatic nitrogens is 15. The number of anilines is 8. The second-order valence-electron chi connectivity index (χ2n) is 32.0. The minimum absolute atomic E-state index is 0.123. The summed E-state index contributed by atoms with van der Waals surface area (Å²) in [4.78, 5) is 96.2. The molecule has 29 heteroatoms. The number of guanidine groups is 1. The van der Waals surface area contributed by atoms with Crippen molar-refractivity contribution in [2.45, 2.75) is 116 Å². The van der Waals surface area contributed by atoms with Crippen LogP contribution in [0.1, 0.15) is 110 Å². The first kappa shape index (κ1) is 78.4. The predicted octanol–water partition coefficient (Wildman–Crippen LogP) is 11.4. The highest BCUT2D eigenvalue weighted by Gasteiger charge is 2.30. The van der Waals surface area contributed by atoms with E-state index in [9.17, 15) is 14.4 Å². The van der Waals surface area contributed by atoms with Gasteiger partial charge >= 0.3 is 0 Å². The fraction of sp³-hybridized carbons (Fsp3) is 0.375. The van der Waals surface area contributed by atoms with Gasteiger partial charge in [-0.3, -0.25) is 24.7 Å². The monoisotopic (exact) mass is 1570 g/mol. The summed E-state index contributed by atoms with van der Waals surface area (Å²) >= 11 is 0. The molecule has 3 fully saturated rings. The fourth-order valence-corrected chi connectivity index (χ4v) is 17.1. The number of rotatable bonds is 21. The van der Waals surface area contributed by atoms with Crippen LogP contribution in [-0.2, 0) is 45.4 Å². The van der Waals surface area contributed by atoms with Crippen LogP contribution in [0.15, 0.2) is 180 Å². The third-order valence-corrected chi connectivity index (χ3v) is 23.6. The quantitative estimate of drug-likeness (QED) is 0.0254. The summed E-state index contributed by atoms with van der Waals surface area (Å²) in [6.45, 7) is 30.9. The Balaban J connectivity index is 0.000000131. The maximum Gasteiger partial charge on any atom is 0.278 e. The van der Waals surface area contributed by atoms with Gasteiger partial charge in [-0.15, -0.1) is 19.7 Å². The molecule has 0 bridgehead atoms. The maximum atomic E-state index is 13.3. The molecule has 0 radical (unpaired) electrons. The third-order valence-electron chi connectivity index (χ3n) is 23.6. The smallest absolute Gasteiger partial charge is 0.278 e. The summed E-state index contributed by atoms with van der Waals surface area (Å²) in [6.07, 6.45) is 18.7. The maximum absolute atomic E-state index is 13.3. The van der Waals surface area contributed by atoms with Crippen LogP contribution in [0.2, 0.25) is 0 Å². The van der Waals surface area contributed by atoms with E-state index >= 15 is 0 Å². The summed E-state index contributed by atoms with van der Waals surface area (Å²) in [5, 5.41) is 18.9. The van der Waals surface area contributed by atoms with Crippen molar-refractivity contribution >= 4 is 85.3 Å². The Morgan fingerprint density at radius 1 is 0.470 bits per heavy atom. The highest BCUT2D eigenvalue weighted by atomic mass is 16.1.